The number of benzene rings is 1. The Kier molecular flexibility index (Phi) is 2.49. The third-order valence-corrected chi connectivity index (χ3v) is 4.29. The summed E-state index contributed by atoms with van der Waals surface area (Å²) in [7, 11) is 1.51. The van der Waals surface area contributed by atoms with E-state index in [1.807, 2.05) is 18.2 Å². The first kappa shape index (κ1) is 9.93. The van der Waals surface area contributed by atoms with E-state index in [9.17, 15) is 0 Å². The number of fused-ring (bicyclic) bond motifs is 1. The van der Waals surface area contributed by atoms with Gasteiger partial charge >= 0.3 is 0 Å². The van der Waals surface area contributed by atoms with Crippen LogP contribution in [0.5, 0.6) is 0 Å². The third-order valence-electron chi connectivity index (χ3n) is 2.27. The Morgan fingerprint density at radius 1 is 1.36 bits per heavy atom. The van der Waals surface area contributed by atoms with Crippen molar-refractivity contribution in [2.24, 2.45) is 0 Å². The summed E-state index contributed by atoms with van der Waals surface area (Å²) in [5.41, 5.74) is 2.14. The summed E-state index contributed by atoms with van der Waals surface area (Å²) >= 11 is 4.28. The second-order valence-electron chi connectivity index (χ2n) is 3.72. The average molecular weight is 224 g/mol. The molecule has 0 unspecified atom stereocenters. The van der Waals surface area contributed by atoms with Crippen LogP contribution in [-0.2, 0) is 4.75 Å². The Morgan fingerprint density at radius 3 is 2.79 bits per heavy atom. The number of aromatic nitrogens is 2. The first-order chi connectivity index (χ1) is 6.65. The lowest BCUT2D eigenvalue weighted by Crippen LogP contribution is -2.10. The van der Waals surface area contributed by atoms with Crippen LogP contribution < -0.4 is 0 Å². The molecule has 0 atom stereocenters. The minimum atomic E-state index is -0.0668. The molecule has 0 fully saturated rings. The summed E-state index contributed by atoms with van der Waals surface area (Å²) in [6, 6.07) is 8.15. The molecule has 0 aliphatic heterocycles. The third kappa shape index (κ3) is 1.53. The van der Waals surface area contributed by atoms with Gasteiger partial charge in [0.05, 0.1) is 16.0 Å². The molecule has 0 amide bonds. The van der Waals surface area contributed by atoms with Gasteiger partial charge in [0.2, 0.25) is 0 Å². The van der Waals surface area contributed by atoms with E-state index in [0.29, 0.717) is 0 Å². The average Bonchev–Trinajstić information content (AvgIpc) is 2.61. The molecule has 74 valence electrons. The van der Waals surface area contributed by atoms with Gasteiger partial charge in [0.1, 0.15) is 0 Å². The molecule has 2 aromatic rings. The predicted octanol–water partition coefficient (Wildman–Crippen LogP) is 3.38. The lowest BCUT2D eigenvalue weighted by Gasteiger charge is -2.18. The monoisotopic (exact) mass is 224 g/mol. The molecule has 1 N–H and O–H groups in total. The van der Waals surface area contributed by atoms with E-state index in [1.54, 1.807) is 0 Å². The Balaban J connectivity index is 2.64. The summed E-state index contributed by atoms with van der Waals surface area (Å²) in [6.45, 7) is 4.24. The van der Waals surface area contributed by atoms with Gasteiger partial charge in [0.25, 0.3) is 0 Å². The fourth-order valence-electron chi connectivity index (χ4n) is 1.47. The Hall–Kier alpha value is -0.610. The SMILES string of the molecule is CC(C)(SS)c1n[nH]c2ccccc12. The van der Waals surface area contributed by atoms with Crippen LogP contribution in [-0.4, -0.2) is 10.2 Å². The summed E-state index contributed by atoms with van der Waals surface area (Å²) in [5.74, 6) is 0. The molecule has 2 nitrogen and oxygen atoms in total. The van der Waals surface area contributed by atoms with Crippen LogP contribution >= 0.6 is 22.5 Å². The predicted molar refractivity (Wildman–Crippen MR) is 65.7 cm³/mol. The largest absolute Gasteiger partial charge is 0.278 e. The Labute approximate surface area is 92.3 Å². The molecule has 1 aromatic heterocycles. The van der Waals surface area contributed by atoms with Gasteiger partial charge in [0, 0.05) is 5.39 Å². The van der Waals surface area contributed by atoms with Crippen molar-refractivity contribution >= 4 is 33.4 Å². The highest BCUT2D eigenvalue weighted by molar-refractivity contribution is 8.69. The van der Waals surface area contributed by atoms with Crippen LogP contribution in [0.15, 0.2) is 24.3 Å². The molecule has 0 aliphatic carbocycles. The number of aromatic amines is 1. The standard InChI is InChI=1S/C10H12N2S2/c1-10(2,14-13)9-7-5-3-4-6-8(7)11-12-9/h3-6,13H,1-2H3,(H,11,12). The topological polar surface area (TPSA) is 28.7 Å². The quantitative estimate of drug-likeness (QED) is 0.605. The number of nitrogens with one attached hydrogen (secondary N) is 1. The van der Waals surface area contributed by atoms with Crippen molar-refractivity contribution in [2.75, 3.05) is 0 Å². The smallest absolute Gasteiger partial charge is 0.0864 e. The van der Waals surface area contributed by atoms with E-state index < -0.39 is 0 Å². The van der Waals surface area contributed by atoms with Crippen molar-refractivity contribution in [3.8, 4) is 0 Å². The summed E-state index contributed by atoms with van der Waals surface area (Å²) < 4.78 is -0.0668. The molecule has 2 rings (SSSR count). The molecule has 4 heteroatoms. The minimum absolute atomic E-state index is 0.0668. The molecule has 1 heterocycles. The van der Waals surface area contributed by atoms with Gasteiger partial charge in [-0.1, -0.05) is 29.0 Å². The first-order valence-electron chi connectivity index (χ1n) is 4.41. The number of rotatable bonds is 2. The second-order valence-corrected chi connectivity index (χ2v) is 5.47. The lowest BCUT2D eigenvalue weighted by molar-refractivity contribution is 0.752. The van der Waals surface area contributed by atoms with E-state index >= 15 is 0 Å². The highest BCUT2D eigenvalue weighted by atomic mass is 33.1. The fourth-order valence-corrected chi connectivity index (χ4v) is 1.97. The highest BCUT2D eigenvalue weighted by Crippen LogP contribution is 2.39. The van der Waals surface area contributed by atoms with Gasteiger partial charge in [-0.3, -0.25) is 5.10 Å². The maximum Gasteiger partial charge on any atom is 0.0864 e. The number of para-hydroxylation sites is 1. The van der Waals surface area contributed by atoms with Crippen LogP contribution in [0.2, 0.25) is 0 Å². The van der Waals surface area contributed by atoms with Gasteiger partial charge in [-0.25, -0.2) is 0 Å². The molecule has 0 aliphatic rings. The van der Waals surface area contributed by atoms with Gasteiger partial charge in [-0.05, 0) is 19.9 Å². The lowest BCUT2D eigenvalue weighted by atomic mass is 10.1. The van der Waals surface area contributed by atoms with Crippen molar-refractivity contribution in [3.63, 3.8) is 0 Å². The molecule has 1 aromatic carbocycles. The van der Waals surface area contributed by atoms with Crippen LogP contribution in [0.3, 0.4) is 0 Å². The van der Waals surface area contributed by atoms with Gasteiger partial charge in [-0.15, -0.1) is 11.7 Å². The zero-order valence-corrected chi connectivity index (χ0v) is 9.82. The molecule has 0 radical (unpaired) electrons. The van der Waals surface area contributed by atoms with Crippen molar-refractivity contribution in [3.05, 3.63) is 30.0 Å². The van der Waals surface area contributed by atoms with Crippen molar-refractivity contribution in [1.29, 1.82) is 0 Å². The van der Waals surface area contributed by atoms with Crippen LogP contribution in [0.4, 0.5) is 0 Å². The second kappa shape index (κ2) is 3.51. The number of nitrogens with zero attached hydrogens (tertiary/aromatic N) is 1. The van der Waals surface area contributed by atoms with E-state index in [2.05, 4.69) is 41.8 Å². The molecule has 0 bridgehead atoms. The number of hydrogen-bond acceptors (Lipinski definition) is 3. The maximum absolute atomic E-state index is 4.34. The Morgan fingerprint density at radius 2 is 2.07 bits per heavy atom. The van der Waals surface area contributed by atoms with Crippen LogP contribution in [0.1, 0.15) is 19.5 Å². The van der Waals surface area contributed by atoms with Gasteiger partial charge in [0.15, 0.2) is 0 Å². The highest BCUT2D eigenvalue weighted by Gasteiger charge is 2.24. The summed E-state index contributed by atoms with van der Waals surface area (Å²) in [6.07, 6.45) is 0. The molecular formula is C10H12N2S2. The van der Waals surface area contributed by atoms with Crippen molar-refractivity contribution < 1.29 is 0 Å². The van der Waals surface area contributed by atoms with Crippen LogP contribution in [0, 0.1) is 0 Å². The summed E-state index contributed by atoms with van der Waals surface area (Å²) in [5, 5.41) is 8.55. The Bertz CT molecular complexity index is 448. The fraction of sp³-hybridized carbons (Fsp3) is 0.300. The van der Waals surface area contributed by atoms with Crippen LogP contribution in [0.25, 0.3) is 10.9 Å². The van der Waals surface area contributed by atoms with Crippen molar-refractivity contribution in [2.45, 2.75) is 18.6 Å². The normalized spacial score (nSPS) is 12.2. The minimum Gasteiger partial charge on any atom is -0.278 e. The zero-order valence-electron chi connectivity index (χ0n) is 8.11. The molecule has 0 saturated carbocycles. The first-order valence-corrected chi connectivity index (χ1v) is 6.28. The van der Waals surface area contributed by atoms with Crippen molar-refractivity contribution in [1.82, 2.24) is 10.2 Å². The maximum atomic E-state index is 4.34. The van der Waals surface area contributed by atoms with E-state index in [0.717, 1.165) is 11.2 Å². The van der Waals surface area contributed by atoms with Gasteiger partial charge < -0.3 is 0 Å². The molecule has 0 spiro atoms. The molecule has 14 heavy (non-hydrogen) atoms. The molecular weight excluding hydrogens is 212 g/mol. The van der Waals surface area contributed by atoms with E-state index in [1.165, 1.54) is 16.2 Å². The molecule has 0 saturated heterocycles. The van der Waals surface area contributed by atoms with E-state index in [-0.39, 0.29) is 4.75 Å². The summed E-state index contributed by atoms with van der Waals surface area (Å²) in [4.78, 5) is 0. The number of H-pyrrole nitrogens is 1. The number of hydrogen-bond donors (Lipinski definition) is 2. The number of thiol groups is 1. The zero-order chi connectivity index (χ0) is 10.2. The van der Waals surface area contributed by atoms with E-state index in [4.69, 9.17) is 0 Å². The van der Waals surface area contributed by atoms with Gasteiger partial charge in [-0.2, -0.15) is 5.10 Å².